The molecule has 1 heterocycles. The van der Waals surface area contributed by atoms with E-state index in [2.05, 4.69) is 6.92 Å². The molecule has 0 unspecified atom stereocenters. The lowest BCUT2D eigenvalue weighted by Crippen LogP contribution is -2.36. The highest BCUT2D eigenvalue weighted by Crippen LogP contribution is 2.19. The predicted molar refractivity (Wildman–Crippen MR) is 95.8 cm³/mol. The maximum absolute atomic E-state index is 12.5. The first-order chi connectivity index (χ1) is 11.9. The normalized spacial score (nSPS) is 17.4. The Morgan fingerprint density at radius 1 is 1.32 bits per heavy atom. The van der Waals surface area contributed by atoms with Crippen LogP contribution < -0.4 is 4.18 Å². The average molecular weight is 369 g/mol. The molecule has 1 fully saturated rings. The molecular formula is C18H27NO5S. The van der Waals surface area contributed by atoms with Crippen LogP contribution in [0.5, 0.6) is 5.75 Å². The van der Waals surface area contributed by atoms with Gasteiger partial charge in [0.2, 0.25) is 5.91 Å². The summed E-state index contributed by atoms with van der Waals surface area (Å²) in [6.45, 7) is 3.92. The smallest absolute Gasteiger partial charge is 0.306 e. The monoisotopic (exact) mass is 369 g/mol. The molecule has 140 valence electrons. The molecule has 1 saturated heterocycles. The van der Waals surface area contributed by atoms with Crippen LogP contribution in [0.1, 0.15) is 44.6 Å². The molecule has 0 aliphatic carbocycles. The van der Waals surface area contributed by atoms with Crippen LogP contribution >= 0.6 is 0 Å². The largest absolute Gasteiger partial charge is 0.383 e. The number of hydrogen-bond acceptors (Lipinski definition) is 5. The van der Waals surface area contributed by atoms with Gasteiger partial charge in [-0.1, -0.05) is 25.5 Å². The Hall–Kier alpha value is -1.60. The highest BCUT2D eigenvalue weighted by molar-refractivity contribution is 7.86. The van der Waals surface area contributed by atoms with E-state index in [4.69, 9.17) is 8.92 Å². The lowest BCUT2D eigenvalue weighted by atomic mass is 10.1. The summed E-state index contributed by atoms with van der Waals surface area (Å²) in [6, 6.07) is 6.79. The van der Waals surface area contributed by atoms with Crippen LogP contribution in [0.25, 0.3) is 0 Å². The second-order valence-electron chi connectivity index (χ2n) is 6.44. The highest BCUT2D eigenvalue weighted by Gasteiger charge is 2.22. The molecule has 25 heavy (non-hydrogen) atoms. The highest BCUT2D eigenvalue weighted by atomic mass is 32.2. The van der Waals surface area contributed by atoms with E-state index in [-0.39, 0.29) is 17.8 Å². The molecular weight excluding hydrogens is 342 g/mol. The number of carbonyl (C=O) groups excluding carboxylic acids is 1. The molecule has 1 atom stereocenters. The molecule has 0 bridgehead atoms. The third-order valence-electron chi connectivity index (χ3n) is 4.09. The SMILES string of the molecule is CCCCC(=O)N(Cc1ccc(OS(C)(=O)=O)cc1)C[C@@H]1CCCO1. The fourth-order valence-corrected chi connectivity index (χ4v) is 3.28. The van der Waals surface area contributed by atoms with Gasteiger partial charge in [-0.25, -0.2) is 0 Å². The zero-order valence-electron chi connectivity index (χ0n) is 14.9. The summed E-state index contributed by atoms with van der Waals surface area (Å²) in [5.74, 6) is 0.406. The Labute approximate surface area is 150 Å². The number of benzene rings is 1. The van der Waals surface area contributed by atoms with Crippen LogP contribution in [0.4, 0.5) is 0 Å². The van der Waals surface area contributed by atoms with E-state index >= 15 is 0 Å². The molecule has 0 spiro atoms. The number of carbonyl (C=O) groups is 1. The van der Waals surface area contributed by atoms with Gasteiger partial charge in [0.15, 0.2) is 0 Å². The van der Waals surface area contributed by atoms with Crippen molar-refractivity contribution in [3.63, 3.8) is 0 Å². The lowest BCUT2D eigenvalue weighted by molar-refractivity contribution is -0.133. The predicted octanol–water partition coefficient (Wildman–Crippen LogP) is 2.72. The summed E-state index contributed by atoms with van der Waals surface area (Å²) < 4.78 is 32.8. The minimum absolute atomic E-state index is 0.110. The topological polar surface area (TPSA) is 72.9 Å². The van der Waals surface area contributed by atoms with Crippen molar-refractivity contribution in [3.8, 4) is 5.75 Å². The molecule has 6 nitrogen and oxygen atoms in total. The van der Waals surface area contributed by atoms with Crippen molar-refractivity contribution >= 4 is 16.0 Å². The molecule has 0 aromatic heterocycles. The summed E-state index contributed by atoms with van der Waals surface area (Å²) in [6.07, 6.45) is 5.55. The van der Waals surface area contributed by atoms with Crippen molar-refractivity contribution in [2.75, 3.05) is 19.4 Å². The van der Waals surface area contributed by atoms with Gasteiger partial charge < -0.3 is 13.8 Å². The van der Waals surface area contributed by atoms with Crippen molar-refractivity contribution in [3.05, 3.63) is 29.8 Å². The minimum Gasteiger partial charge on any atom is -0.383 e. The van der Waals surface area contributed by atoms with Gasteiger partial charge in [0.25, 0.3) is 0 Å². The Morgan fingerprint density at radius 3 is 2.60 bits per heavy atom. The van der Waals surface area contributed by atoms with Crippen LogP contribution in [0.3, 0.4) is 0 Å². The first-order valence-corrected chi connectivity index (χ1v) is 10.6. The third-order valence-corrected chi connectivity index (χ3v) is 4.58. The van der Waals surface area contributed by atoms with Crippen LogP contribution in [0.15, 0.2) is 24.3 Å². The second-order valence-corrected chi connectivity index (χ2v) is 8.02. The summed E-state index contributed by atoms with van der Waals surface area (Å²) in [4.78, 5) is 14.4. The fraction of sp³-hybridized carbons (Fsp3) is 0.611. The molecule has 1 amide bonds. The van der Waals surface area contributed by atoms with Gasteiger partial charge in [0.1, 0.15) is 5.75 Å². The Kier molecular flexibility index (Phi) is 7.25. The molecule has 1 aromatic carbocycles. The Bertz CT molecular complexity index is 651. The zero-order chi connectivity index (χ0) is 18.3. The molecule has 1 aliphatic heterocycles. The van der Waals surface area contributed by atoms with Gasteiger partial charge in [0, 0.05) is 26.1 Å². The van der Waals surface area contributed by atoms with Gasteiger partial charge in [-0.3, -0.25) is 4.79 Å². The van der Waals surface area contributed by atoms with Crippen LogP contribution in [0.2, 0.25) is 0 Å². The third kappa shape index (κ3) is 7.04. The molecule has 2 rings (SSSR count). The lowest BCUT2D eigenvalue weighted by Gasteiger charge is -2.26. The maximum Gasteiger partial charge on any atom is 0.306 e. The van der Waals surface area contributed by atoms with Crippen molar-refractivity contribution in [1.82, 2.24) is 4.90 Å². The number of nitrogens with zero attached hydrogens (tertiary/aromatic N) is 1. The van der Waals surface area contributed by atoms with Gasteiger partial charge in [-0.2, -0.15) is 8.42 Å². The summed E-state index contributed by atoms with van der Waals surface area (Å²) in [7, 11) is -3.53. The van der Waals surface area contributed by atoms with Gasteiger partial charge in [-0.05, 0) is 37.0 Å². The number of amides is 1. The number of hydrogen-bond donors (Lipinski definition) is 0. The van der Waals surface area contributed by atoms with Crippen LogP contribution in [-0.2, 0) is 26.2 Å². The first kappa shape index (κ1) is 19.7. The molecule has 1 aliphatic rings. The van der Waals surface area contributed by atoms with E-state index in [1.165, 1.54) is 0 Å². The molecule has 0 radical (unpaired) electrons. The zero-order valence-corrected chi connectivity index (χ0v) is 15.8. The van der Waals surface area contributed by atoms with Crippen molar-refractivity contribution in [2.45, 2.75) is 51.7 Å². The average Bonchev–Trinajstić information content (AvgIpc) is 3.05. The first-order valence-electron chi connectivity index (χ1n) is 8.75. The summed E-state index contributed by atoms with van der Waals surface area (Å²) in [5.41, 5.74) is 0.934. The quantitative estimate of drug-likeness (QED) is 0.626. The van der Waals surface area contributed by atoms with E-state index in [9.17, 15) is 13.2 Å². The molecule has 0 N–H and O–H groups in total. The second kappa shape index (κ2) is 9.20. The summed E-state index contributed by atoms with van der Waals surface area (Å²) in [5, 5.41) is 0. The van der Waals surface area contributed by atoms with E-state index in [1.807, 2.05) is 4.90 Å². The van der Waals surface area contributed by atoms with E-state index in [0.29, 0.717) is 19.5 Å². The van der Waals surface area contributed by atoms with E-state index < -0.39 is 10.1 Å². The van der Waals surface area contributed by atoms with Crippen LogP contribution in [-0.4, -0.2) is 44.7 Å². The molecule has 0 saturated carbocycles. The van der Waals surface area contributed by atoms with E-state index in [1.54, 1.807) is 24.3 Å². The van der Waals surface area contributed by atoms with Crippen molar-refractivity contribution in [1.29, 1.82) is 0 Å². The summed E-state index contributed by atoms with van der Waals surface area (Å²) >= 11 is 0. The maximum atomic E-state index is 12.5. The fourth-order valence-electron chi connectivity index (χ4n) is 2.82. The Balaban J connectivity index is 2.02. The van der Waals surface area contributed by atoms with Gasteiger partial charge in [-0.15, -0.1) is 0 Å². The standard InChI is InChI=1S/C18H27NO5S/c1-3-4-7-18(20)19(14-17-6-5-12-23-17)13-15-8-10-16(11-9-15)24-25(2,21)22/h8-11,17H,3-7,12-14H2,1-2H3/t17-/m0/s1. The van der Waals surface area contributed by atoms with Gasteiger partial charge >= 0.3 is 10.1 Å². The van der Waals surface area contributed by atoms with E-state index in [0.717, 1.165) is 44.1 Å². The van der Waals surface area contributed by atoms with Crippen molar-refractivity contribution in [2.24, 2.45) is 0 Å². The van der Waals surface area contributed by atoms with Gasteiger partial charge in [0.05, 0.1) is 12.4 Å². The Morgan fingerprint density at radius 2 is 2.04 bits per heavy atom. The number of rotatable bonds is 9. The molecule has 1 aromatic rings. The minimum atomic E-state index is -3.53. The van der Waals surface area contributed by atoms with Crippen molar-refractivity contribution < 1.29 is 22.1 Å². The number of unbranched alkanes of at least 4 members (excludes halogenated alkanes) is 1. The molecule has 7 heteroatoms. The van der Waals surface area contributed by atoms with Crippen LogP contribution in [0, 0.1) is 0 Å². The number of ether oxygens (including phenoxy) is 1.